The van der Waals surface area contributed by atoms with E-state index < -0.39 is 0 Å². The van der Waals surface area contributed by atoms with E-state index in [1.165, 1.54) is 11.8 Å². The third-order valence-corrected chi connectivity index (χ3v) is 6.45. The van der Waals surface area contributed by atoms with E-state index in [-0.39, 0.29) is 16.8 Å². The van der Waals surface area contributed by atoms with Gasteiger partial charge in [0.25, 0.3) is 0 Å². The summed E-state index contributed by atoms with van der Waals surface area (Å²) in [5.41, 5.74) is -0.192. The molecule has 0 aliphatic heterocycles. The van der Waals surface area contributed by atoms with E-state index in [0.29, 0.717) is 17.6 Å². The lowest BCUT2D eigenvalue weighted by Crippen LogP contribution is -2.31. The third kappa shape index (κ3) is 2.04. The number of hydrogen-bond donors (Lipinski definition) is 0. The Hall–Kier alpha value is -1.83. The van der Waals surface area contributed by atoms with Crippen molar-refractivity contribution in [2.24, 2.45) is 22.7 Å². The number of fused-ring (bicyclic) bond motifs is 2. The van der Waals surface area contributed by atoms with Gasteiger partial charge in [-0.05, 0) is 53.0 Å². The summed E-state index contributed by atoms with van der Waals surface area (Å²) in [5, 5.41) is 2.28. The van der Waals surface area contributed by atoms with Crippen LogP contribution in [0.15, 0.2) is 42.5 Å². The van der Waals surface area contributed by atoms with Gasteiger partial charge in [-0.25, -0.2) is 0 Å². The van der Waals surface area contributed by atoms with Crippen LogP contribution in [0.25, 0.3) is 10.8 Å². The minimum Gasteiger partial charge on any atom is -0.426 e. The normalized spacial score (nSPS) is 31.4. The SMILES string of the molecule is CC1CCC2C(C)(C)C2(C(=O)Oc2ccc3ccccc3c2)C1. The number of hydrogen-bond acceptors (Lipinski definition) is 2. The van der Waals surface area contributed by atoms with E-state index >= 15 is 0 Å². The van der Waals surface area contributed by atoms with Gasteiger partial charge in [-0.1, -0.05) is 57.5 Å². The summed E-state index contributed by atoms with van der Waals surface area (Å²) in [5.74, 6) is 1.74. The number of esters is 1. The van der Waals surface area contributed by atoms with E-state index in [9.17, 15) is 4.79 Å². The molecule has 0 radical (unpaired) electrons. The molecule has 2 aliphatic rings. The molecule has 23 heavy (non-hydrogen) atoms. The molecular formula is C21H24O2. The molecule has 2 nitrogen and oxygen atoms in total. The summed E-state index contributed by atoms with van der Waals surface area (Å²) in [4.78, 5) is 13.0. The van der Waals surface area contributed by atoms with Gasteiger partial charge in [-0.2, -0.15) is 0 Å². The fourth-order valence-electron chi connectivity index (χ4n) is 5.00. The van der Waals surface area contributed by atoms with E-state index in [2.05, 4.69) is 32.9 Å². The summed E-state index contributed by atoms with van der Waals surface area (Å²) in [6, 6.07) is 14.1. The van der Waals surface area contributed by atoms with Crippen LogP contribution in [0.3, 0.4) is 0 Å². The second-order valence-electron chi connectivity index (χ2n) is 8.03. The maximum Gasteiger partial charge on any atom is 0.318 e. The molecule has 2 aliphatic carbocycles. The molecule has 4 rings (SSSR count). The fourth-order valence-corrected chi connectivity index (χ4v) is 5.00. The fraction of sp³-hybridized carbons (Fsp3) is 0.476. The number of carbonyl (C=O) groups is 1. The zero-order valence-corrected chi connectivity index (χ0v) is 14.1. The highest BCUT2D eigenvalue weighted by molar-refractivity contribution is 5.87. The van der Waals surface area contributed by atoms with Gasteiger partial charge >= 0.3 is 5.97 Å². The average molecular weight is 308 g/mol. The Morgan fingerprint density at radius 3 is 2.61 bits per heavy atom. The minimum atomic E-state index is -0.268. The van der Waals surface area contributed by atoms with E-state index in [4.69, 9.17) is 4.74 Å². The first-order valence-corrected chi connectivity index (χ1v) is 8.66. The largest absolute Gasteiger partial charge is 0.426 e. The van der Waals surface area contributed by atoms with Gasteiger partial charge in [0.15, 0.2) is 0 Å². The minimum absolute atomic E-state index is 0.0191. The smallest absolute Gasteiger partial charge is 0.318 e. The Kier molecular flexibility index (Phi) is 3.10. The quantitative estimate of drug-likeness (QED) is 0.562. The zero-order valence-electron chi connectivity index (χ0n) is 14.1. The highest BCUT2D eigenvalue weighted by atomic mass is 16.5. The maximum absolute atomic E-state index is 13.0. The highest BCUT2D eigenvalue weighted by Gasteiger charge is 2.76. The van der Waals surface area contributed by atoms with Crippen molar-refractivity contribution in [2.45, 2.75) is 40.0 Å². The molecule has 3 unspecified atom stereocenters. The molecular weight excluding hydrogens is 284 g/mol. The van der Waals surface area contributed by atoms with Gasteiger partial charge in [-0.3, -0.25) is 4.79 Å². The molecule has 0 heterocycles. The van der Waals surface area contributed by atoms with Crippen LogP contribution in [-0.2, 0) is 4.79 Å². The maximum atomic E-state index is 13.0. The van der Waals surface area contributed by atoms with Crippen molar-refractivity contribution in [1.82, 2.24) is 0 Å². The summed E-state index contributed by atoms with van der Waals surface area (Å²) in [7, 11) is 0. The van der Waals surface area contributed by atoms with Crippen LogP contribution in [0.5, 0.6) is 5.75 Å². The molecule has 0 saturated heterocycles. The van der Waals surface area contributed by atoms with Crippen molar-refractivity contribution in [2.75, 3.05) is 0 Å². The number of rotatable bonds is 2. The lowest BCUT2D eigenvalue weighted by atomic mass is 9.80. The van der Waals surface area contributed by atoms with Crippen LogP contribution < -0.4 is 4.74 Å². The number of benzene rings is 2. The summed E-state index contributed by atoms with van der Waals surface area (Å²) in [6.45, 7) is 6.73. The Balaban J connectivity index is 1.61. The van der Waals surface area contributed by atoms with Crippen LogP contribution in [0, 0.1) is 22.7 Å². The lowest BCUT2D eigenvalue weighted by molar-refractivity contribution is -0.143. The molecule has 0 bridgehead atoms. The van der Waals surface area contributed by atoms with Crippen LogP contribution >= 0.6 is 0 Å². The molecule has 3 atom stereocenters. The molecule has 2 aromatic rings. The Morgan fingerprint density at radius 2 is 1.83 bits per heavy atom. The average Bonchev–Trinajstić information content (AvgIpc) is 3.03. The Morgan fingerprint density at radius 1 is 1.09 bits per heavy atom. The molecule has 0 N–H and O–H groups in total. The first-order valence-electron chi connectivity index (χ1n) is 8.66. The molecule has 0 aromatic heterocycles. The molecule has 2 fully saturated rings. The lowest BCUT2D eigenvalue weighted by Gasteiger charge is -2.26. The second kappa shape index (κ2) is 4.83. The molecule has 120 valence electrons. The molecule has 2 heteroatoms. The van der Waals surface area contributed by atoms with Crippen molar-refractivity contribution < 1.29 is 9.53 Å². The first kappa shape index (κ1) is 14.7. The summed E-state index contributed by atoms with van der Waals surface area (Å²) < 4.78 is 5.85. The van der Waals surface area contributed by atoms with Crippen molar-refractivity contribution in [3.8, 4) is 5.75 Å². The van der Waals surface area contributed by atoms with Crippen LogP contribution in [0.1, 0.15) is 40.0 Å². The van der Waals surface area contributed by atoms with Gasteiger partial charge in [0.05, 0.1) is 5.41 Å². The first-order chi connectivity index (χ1) is 10.9. The summed E-state index contributed by atoms with van der Waals surface area (Å²) >= 11 is 0. The number of carbonyl (C=O) groups excluding carboxylic acids is 1. The molecule has 2 aromatic carbocycles. The number of ether oxygens (including phenoxy) is 1. The summed E-state index contributed by atoms with van der Waals surface area (Å²) in [6.07, 6.45) is 3.36. The molecule has 0 spiro atoms. The van der Waals surface area contributed by atoms with Gasteiger partial charge in [-0.15, -0.1) is 0 Å². The van der Waals surface area contributed by atoms with E-state index in [1.54, 1.807) is 0 Å². The van der Waals surface area contributed by atoms with Gasteiger partial charge in [0, 0.05) is 0 Å². The second-order valence-corrected chi connectivity index (χ2v) is 8.03. The van der Waals surface area contributed by atoms with Gasteiger partial charge in [0.1, 0.15) is 5.75 Å². The van der Waals surface area contributed by atoms with Crippen LogP contribution in [-0.4, -0.2) is 5.97 Å². The van der Waals surface area contributed by atoms with Crippen molar-refractivity contribution in [3.63, 3.8) is 0 Å². The van der Waals surface area contributed by atoms with Crippen LogP contribution in [0.4, 0.5) is 0 Å². The third-order valence-electron chi connectivity index (χ3n) is 6.45. The van der Waals surface area contributed by atoms with E-state index in [1.807, 2.05) is 30.3 Å². The van der Waals surface area contributed by atoms with Gasteiger partial charge < -0.3 is 4.74 Å². The molecule has 0 amide bonds. The predicted octanol–water partition coefficient (Wildman–Crippen LogP) is 5.21. The van der Waals surface area contributed by atoms with Crippen molar-refractivity contribution in [3.05, 3.63) is 42.5 Å². The Labute approximate surface area is 137 Å². The standard InChI is InChI=1S/C21H24O2/c1-14-8-11-18-20(2,3)21(18,13-14)19(22)23-17-10-9-15-6-4-5-7-16(15)12-17/h4-7,9-10,12,14,18H,8,11,13H2,1-3H3. The zero-order chi connectivity index (χ0) is 16.2. The van der Waals surface area contributed by atoms with E-state index in [0.717, 1.165) is 18.2 Å². The van der Waals surface area contributed by atoms with Gasteiger partial charge in [0.2, 0.25) is 0 Å². The van der Waals surface area contributed by atoms with Crippen LogP contribution in [0.2, 0.25) is 0 Å². The van der Waals surface area contributed by atoms with Crippen molar-refractivity contribution in [1.29, 1.82) is 0 Å². The highest BCUT2D eigenvalue weighted by Crippen LogP contribution is 2.75. The monoisotopic (exact) mass is 308 g/mol. The Bertz CT molecular complexity index is 776. The predicted molar refractivity (Wildman–Crippen MR) is 92.3 cm³/mol. The molecule has 2 saturated carbocycles. The van der Waals surface area contributed by atoms with Crippen molar-refractivity contribution >= 4 is 16.7 Å². The topological polar surface area (TPSA) is 26.3 Å².